The lowest BCUT2D eigenvalue weighted by Crippen LogP contribution is -2.39. The molecule has 6 heteroatoms. The van der Waals surface area contributed by atoms with Gasteiger partial charge in [0, 0.05) is 26.2 Å². The average Bonchev–Trinajstić information content (AvgIpc) is 2.80. The van der Waals surface area contributed by atoms with E-state index in [4.69, 9.17) is 0 Å². The second kappa shape index (κ2) is 5.38. The van der Waals surface area contributed by atoms with Crippen LogP contribution in [0.1, 0.15) is 0 Å². The minimum Gasteiger partial charge on any atom is -0.342 e. The fourth-order valence-electron chi connectivity index (χ4n) is 1.29. The van der Waals surface area contributed by atoms with E-state index in [1.165, 1.54) is 6.33 Å². The van der Waals surface area contributed by atoms with Crippen molar-refractivity contribution >= 4 is 11.2 Å². The maximum atomic E-state index is 3.91. The maximum Gasteiger partial charge on any atom is 0.180 e. The van der Waals surface area contributed by atoms with Gasteiger partial charge in [-0.05, 0) is 0 Å². The lowest BCUT2D eigenvalue weighted by Gasteiger charge is -2.11. The number of hydrogen-bond acceptors (Lipinski definition) is 5. The van der Waals surface area contributed by atoms with Crippen LogP contribution < -0.4 is 10.6 Å². The highest BCUT2D eigenvalue weighted by Crippen LogP contribution is 1.99. The standard InChI is InChI=1S/C5H4N4.C4H10N2/c1-4-5(8-2-6-1)9-3-7-4;1-2-6-4-3-5-1/h1-3H,(H,6,7,8,9);5-6H,1-4H2. The molecule has 1 aliphatic rings. The van der Waals surface area contributed by atoms with Crippen LogP contribution in [-0.2, 0) is 0 Å². The van der Waals surface area contributed by atoms with E-state index in [1.807, 2.05) is 0 Å². The largest absolute Gasteiger partial charge is 0.342 e. The molecule has 1 saturated heterocycles. The van der Waals surface area contributed by atoms with Gasteiger partial charge in [-0.15, -0.1) is 0 Å². The molecule has 0 saturated carbocycles. The average molecular weight is 206 g/mol. The molecule has 3 rings (SSSR count). The van der Waals surface area contributed by atoms with Crippen molar-refractivity contribution < 1.29 is 0 Å². The van der Waals surface area contributed by atoms with Crippen LogP contribution in [0.4, 0.5) is 0 Å². The molecule has 0 radical (unpaired) electrons. The fourth-order valence-corrected chi connectivity index (χ4v) is 1.29. The Morgan fingerprint density at radius 1 is 1.00 bits per heavy atom. The maximum absolute atomic E-state index is 3.91. The zero-order chi connectivity index (χ0) is 10.3. The molecule has 0 amide bonds. The summed E-state index contributed by atoms with van der Waals surface area (Å²) in [5, 5.41) is 6.44. The van der Waals surface area contributed by atoms with Crippen LogP contribution in [0.25, 0.3) is 11.2 Å². The molecule has 0 aliphatic carbocycles. The van der Waals surface area contributed by atoms with Crippen molar-refractivity contribution in [3.05, 3.63) is 18.9 Å². The molecule has 2 aromatic heterocycles. The monoisotopic (exact) mass is 206 g/mol. The summed E-state index contributed by atoms with van der Waals surface area (Å²) in [6.45, 7) is 4.56. The van der Waals surface area contributed by atoms with Gasteiger partial charge < -0.3 is 15.6 Å². The summed E-state index contributed by atoms with van der Waals surface area (Å²) >= 11 is 0. The second-order valence-corrected chi connectivity index (χ2v) is 3.16. The summed E-state index contributed by atoms with van der Waals surface area (Å²) < 4.78 is 0. The van der Waals surface area contributed by atoms with Gasteiger partial charge in [-0.3, -0.25) is 0 Å². The van der Waals surface area contributed by atoms with E-state index in [0.29, 0.717) is 5.65 Å². The van der Waals surface area contributed by atoms with Crippen molar-refractivity contribution in [2.75, 3.05) is 26.2 Å². The van der Waals surface area contributed by atoms with Gasteiger partial charge >= 0.3 is 0 Å². The van der Waals surface area contributed by atoms with Crippen LogP contribution in [0.5, 0.6) is 0 Å². The predicted molar refractivity (Wildman–Crippen MR) is 57.4 cm³/mol. The Hall–Kier alpha value is -1.53. The highest BCUT2D eigenvalue weighted by molar-refractivity contribution is 5.67. The molecule has 0 atom stereocenters. The Kier molecular flexibility index (Phi) is 3.58. The molecule has 80 valence electrons. The molecule has 3 N–H and O–H groups in total. The Balaban J connectivity index is 0.000000124. The molecule has 2 aromatic rings. The first kappa shape index (κ1) is 10.0. The molecule has 0 spiro atoms. The third-order valence-corrected chi connectivity index (χ3v) is 2.06. The molecule has 6 nitrogen and oxygen atoms in total. The number of fused-ring (bicyclic) bond motifs is 1. The molecular weight excluding hydrogens is 192 g/mol. The first-order chi connectivity index (χ1) is 7.47. The number of aromatic nitrogens is 4. The lowest BCUT2D eigenvalue weighted by atomic mass is 10.4. The SMILES string of the molecule is C1CNCCN1.c1ncc2[nH]cnc2n1. The Bertz CT molecular complexity index is 352. The Morgan fingerprint density at radius 2 is 1.73 bits per heavy atom. The van der Waals surface area contributed by atoms with E-state index in [9.17, 15) is 0 Å². The lowest BCUT2D eigenvalue weighted by molar-refractivity contribution is 0.534. The summed E-state index contributed by atoms with van der Waals surface area (Å²) in [6, 6.07) is 0. The van der Waals surface area contributed by atoms with Crippen molar-refractivity contribution in [3.63, 3.8) is 0 Å². The molecule has 1 fully saturated rings. The molecule has 0 aromatic carbocycles. The Morgan fingerprint density at radius 3 is 2.33 bits per heavy atom. The van der Waals surface area contributed by atoms with E-state index >= 15 is 0 Å². The van der Waals surface area contributed by atoms with Gasteiger partial charge in [0.25, 0.3) is 0 Å². The van der Waals surface area contributed by atoms with Gasteiger partial charge in [0.2, 0.25) is 0 Å². The van der Waals surface area contributed by atoms with Crippen LogP contribution in [0, 0.1) is 0 Å². The van der Waals surface area contributed by atoms with Crippen LogP contribution >= 0.6 is 0 Å². The van der Waals surface area contributed by atoms with Crippen LogP contribution in [0.3, 0.4) is 0 Å². The van der Waals surface area contributed by atoms with Crippen molar-refractivity contribution in [2.45, 2.75) is 0 Å². The number of imidazole rings is 1. The summed E-state index contributed by atoms with van der Waals surface area (Å²) in [7, 11) is 0. The molecule has 0 unspecified atom stereocenters. The first-order valence-corrected chi connectivity index (χ1v) is 4.97. The molecule has 1 aliphatic heterocycles. The van der Waals surface area contributed by atoms with Crippen LogP contribution in [0.15, 0.2) is 18.9 Å². The number of H-pyrrole nitrogens is 1. The molecule has 0 bridgehead atoms. The fraction of sp³-hybridized carbons (Fsp3) is 0.444. The summed E-state index contributed by atoms with van der Waals surface area (Å²) in [5.41, 5.74) is 1.59. The van der Waals surface area contributed by atoms with Crippen molar-refractivity contribution in [1.82, 2.24) is 30.6 Å². The molecule has 15 heavy (non-hydrogen) atoms. The quantitative estimate of drug-likeness (QED) is 0.543. The van der Waals surface area contributed by atoms with Crippen molar-refractivity contribution in [2.24, 2.45) is 0 Å². The summed E-state index contributed by atoms with van der Waals surface area (Å²) in [4.78, 5) is 14.5. The number of nitrogens with one attached hydrogen (secondary N) is 3. The van der Waals surface area contributed by atoms with Crippen molar-refractivity contribution in [1.29, 1.82) is 0 Å². The van der Waals surface area contributed by atoms with Crippen LogP contribution in [0.2, 0.25) is 0 Å². The summed E-state index contributed by atoms with van der Waals surface area (Å²) in [6.07, 6.45) is 4.76. The second-order valence-electron chi connectivity index (χ2n) is 3.16. The Labute approximate surface area is 87.5 Å². The normalized spacial score (nSPS) is 15.7. The van der Waals surface area contributed by atoms with E-state index in [0.717, 1.165) is 31.7 Å². The number of hydrogen-bond donors (Lipinski definition) is 3. The van der Waals surface area contributed by atoms with Gasteiger partial charge in [-0.2, -0.15) is 0 Å². The van der Waals surface area contributed by atoms with E-state index < -0.39 is 0 Å². The minimum atomic E-state index is 0.713. The minimum absolute atomic E-state index is 0.713. The van der Waals surface area contributed by atoms with Gasteiger partial charge in [0.15, 0.2) is 5.65 Å². The van der Waals surface area contributed by atoms with Crippen LogP contribution in [-0.4, -0.2) is 46.1 Å². The first-order valence-electron chi connectivity index (χ1n) is 4.97. The topological polar surface area (TPSA) is 78.5 Å². The molecular formula is C9H14N6. The van der Waals surface area contributed by atoms with E-state index in [2.05, 4.69) is 30.6 Å². The zero-order valence-electron chi connectivity index (χ0n) is 8.40. The van der Waals surface area contributed by atoms with Gasteiger partial charge in [0.1, 0.15) is 11.8 Å². The van der Waals surface area contributed by atoms with Gasteiger partial charge in [0.05, 0.1) is 12.5 Å². The van der Waals surface area contributed by atoms with E-state index in [-0.39, 0.29) is 0 Å². The van der Waals surface area contributed by atoms with Gasteiger partial charge in [-0.25, -0.2) is 15.0 Å². The summed E-state index contributed by atoms with van der Waals surface area (Å²) in [5.74, 6) is 0. The number of nitrogens with zero attached hydrogens (tertiary/aromatic N) is 3. The number of aromatic amines is 1. The smallest absolute Gasteiger partial charge is 0.180 e. The highest BCUT2D eigenvalue weighted by Gasteiger charge is 1.92. The van der Waals surface area contributed by atoms with E-state index in [1.54, 1.807) is 12.5 Å². The van der Waals surface area contributed by atoms with Crippen molar-refractivity contribution in [3.8, 4) is 0 Å². The number of rotatable bonds is 0. The third kappa shape index (κ3) is 2.97. The molecule has 3 heterocycles. The number of piperazine rings is 1. The van der Waals surface area contributed by atoms with Gasteiger partial charge in [-0.1, -0.05) is 0 Å². The zero-order valence-corrected chi connectivity index (χ0v) is 8.40. The predicted octanol–water partition coefficient (Wildman–Crippen LogP) is -0.468. The highest BCUT2D eigenvalue weighted by atomic mass is 15.0. The third-order valence-electron chi connectivity index (χ3n) is 2.06.